The quantitative estimate of drug-likeness (QED) is 0.585. The summed E-state index contributed by atoms with van der Waals surface area (Å²) >= 11 is 6.10. The molecule has 3 rings (SSSR count). The van der Waals surface area contributed by atoms with Crippen molar-refractivity contribution < 1.29 is 23.8 Å². The van der Waals surface area contributed by atoms with Crippen LogP contribution in [0.1, 0.15) is 32.6 Å². The van der Waals surface area contributed by atoms with Gasteiger partial charge in [-0.05, 0) is 6.92 Å². The zero-order valence-electron chi connectivity index (χ0n) is 14.2. The second-order valence-corrected chi connectivity index (χ2v) is 6.16. The molecule has 0 aromatic carbocycles. The molecule has 4 atom stereocenters. The molecule has 0 saturated carbocycles. The van der Waals surface area contributed by atoms with E-state index >= 15 is 0 Å². The molecule has 0 radical (unpaired) electrons. The summed E-state index contributed by atoms with van der Waals surface area (Å²) < 4.78 is 18.1. The molecular weight excluding hydrogens is 364 g/mol. The van der Waals surface area contributed by atoms with Crippen molar-refractivity contribution in [2.75, 3.05) is 0 Å². The van der Waals surface area contributed by atoms with E-state index in [1.165, 1.54) is 30.9 Å². The first-order valence-corrected chi connectivity index (χ1v) is 8.12. The van der Waals surface area contributed by atoms with Gasteiger partial charge in [0.25, 0.3) is 0 Å². The first-order valence-electron chi connectivity index (χ1n) is 7.74. The van der Waals surface area contributed by atoms with Gasteiger partial charge >= 0.3 is 11.9 Å². The minimum atomic E-state index is -0.915. The van der Waals surface area contributed by atoms with Crippen LogP contribution in [0.5, 0.6) is 0 Å². The molecule has 1 aliphatic rings. The van der Waals surface area contributed by atoms with Gasteiger partial charge in [-0.1, -0.05) is 11.6 Å². The lowest BCUT2D eigenvalue weighted by molar-refractivity contribution is -0.165. The van der Waals surface area contributed by atoms with E-state index < -0.39 is 36.5 Å². The third-order valence-electron chi connectivity index (χ3n) is 3.98. The van der Waals surface area contributed by atoms with Crippen LogP contribution in [0.25, 0.3) is 11.0 Å². The average Bonchev–Trinajstić information content (AvgIpc) is 3.07. The largest absolute Gasteiger partial charge is 0.456 e. The highest BCUT2D eigenvalue weighted by atomic mass is 35.5. The molecule has 9 nitrogen and oxygen atoms in total. The van der Waals surface area contributed by atoms with Crippen molar-refractivity contribution in [2.24, 2.45) is 0 Å². The summed E-state index contributed by atoms with van der Waals surface area (Å²) in [6.07, 6.45) is -0.369. The molecule has 2 aromatic heterocycles. The predicted octanol–water partition coefficient (Wildman–Crippen LogP) is 1.74. The lowest BCUT2D eigenvalue weighted by Gasteiger charge is -2.23. The molecule has 0 N–H and O–H groups in total. The molecule has 1 saturated heterocycles. The number of aromatic nitrogens is 3. The Morgan fingerprint density at radius 3 is 2.54 bits per heavy atom. The predicted molar refractivity (Wildman–Crippen MR) is 87.9 cm³/mol. The number of carbonyl (C=O) groups is 2. The SMILES string of the molecule is CC(=O)O[C@@H]1[C@H](OC(C)=O)[C@@H](C)O[C@H]1n1cc(C#N)c2c(Cl)ncnc21. The zero-order valence-corrected chi connectivity index (χ0v) is 14.9. The number of ether oxygens (including phenoxy) is 3. The highest BCUT2D eigenvalue weighted by molar-refractivity contribution is 6.34. The van der Waals surface area contributed by atoms with Gasteiger partial charge in [-0.2, -0.15) is 5.26 Å². The van der Waals surface area contributed by atoms with Crippen LogP contribution in [0.2, 0.25) is 5.15 Å². The van der Waals surface area contributed by atoms with Crippen LogP contribution in [-0.4, -0.2) is 44.8 Å². The van der Waals surface area contributed by atoms with Crippen molar-refractivity contribution in [3.63, 3.8) is 0 Å². The van der Waals surface area contributed by atoms with Gasteiger partial charge in [-0.25, -0.2) is 9.97 Å². The van der Waals surface area contributed by atoms with E-state index in [2.05, 4.69) is 9.97 Å². The number of fused-ring (bicyclic) bond motifs is 1. The Balaban J connectivity index is 2.11. The number of carbonyl (C=O) groups excluding carboxylic acids is 2. The Labute approximate surface area is 153 Å². The minimum absolute atomic E-state index is 0.122. The fraction of sp³-hybridized carbons (Fsp3) is 0.438. The first kappa shape index (κ1) is 18.1. The Bertz CT molecular complexity index is 921. The summed E-state index contributed by atoms with van der Waals surface area (Å²) in [7, 11) is 0. The van der Waals surface area contributed by atoms with Gasteiger partial charge in [0, 0.05) is 20.0 Å². The highest BCUT2D eigenvalue weighted by Crippen LogP contribution is 2.37. The van der Waals surface area contributed by atoms with E-state index in [-0.39, 0.29) is 10.7 Å². The molecule has 10 heteroatoms. The highest BCUT2D eigenvalue weighted by Gasteiger charge is 2.48. The normalized spacial score (nSPS) is 25.0. The van der Waals surface area contributed by atoms with Crippen molar-refractivity contribution in [1.29, 1.82) is 5.26 Å². The van der Waals surface area contributed by atoms with Crippen molar-refractivity contribution in [1.82, 2.24) is 14.5 Å². The number of rotatable bonds is 3. The van der Waals surface area contributed by atoms with Gasteiger partial charge in [-0.15, -0.1) is 0 Å². The molecule has 0 unspecified atom stereocenters. The molecule has 0 bridgehead atoms. The summed E-state index contributed by atoms with van der Waals surface area (Å²) in [5, 5.41) is 9.87. The van der Waals surface area contributed by atoms with Crippen molar-refractivity contribution in [3.05, 3.63) is 23.2 Å². The molecule has 0 amide bonds. The molecule has 0 aliphatic carbocycles. The van der Waals surface area contributed by atoms with Crippen LogP contribution >= 0.6 is 11.6 Å². The number of hydrogen-bond donors (Lipinski definition) is 0. The van der Waals surface area contributed by atoms with E-state index in [4.69, 9.17) is 25.8 Å². The van der Waals surface area contributed by atoms with Gasteiger partial charge in [0.2, 0.25) is 0 Å². The Morgan fingerprint density at radius 2 is 1.92 bits per heavy atom. The number of nitrogens with zero attached hydrogens (tertiary/aromatic N) is 4. The smallest absolute Gasteiger partial charge is 0.303 e. The number of esters is 2. The molecular formula is C16H15ClN4O5. The van der Waals surface area contributed by atoms with Crippen LogP contribution in [0.15, 0.2) is 12.5 Å². The van der Waals surface area contributed by atoms with Crippen LogP contribution in [0.4, 0.5) is 0 Å². The lowest BCUT2D eigenvalue weighted by Crippen LogP contribution is -2.38. The maximum absolute atomic E-state index is 11.6. The van der Waals surface area contributed by atoms with E-state index in [1.807, 2.05) is 6.07 Å². The Hall–Kier alpha value is -2.70. The average molecular weight is 379 g/mol. The monoisotopic (exact) mass is 378 g/mol. The summed E-state index contributed by atoms with van der Waals surface area (Å²) in [5.41, 5.74) is 0.596. The van der Waals surface area contributed by atoms with Crippen molar-refractivity contribution in [2.45, 2.75) is 45.3 Å². The maximum atomic E-state index is 11.6. The van der Waals surface area contributed by atoms with Gasteiger partial charge < -0.3 is 18.8 Å². The van der Waals surface area contributed by atoms with Gasteiger partial charge in [0.15, 0.2) is 18.4 Å². The van der Waals surface area contributed by atoms with Gasteiger partial charge in [0.1, 0.15) is 23.2 Å². The van der Waals surface area contributed by atoms with Crippen molar-refractivity contribution in [3.8, 4) is 6.07 Å². The summed E-state index contributed by atoms with van der Waals surface area (Å²) in [6.45, 7) is 4.21. The summed E-state index contributed by atoms with van der Waals surface area (Å²) in [5.74, 6) is -1.08. The zero-order chi connectivity index (χ0) is 19.0. The fourth-order valence-electron chi connectivity index (χ4n) is 3.03. The third kappa shape index (κ3) is 3.09. The second-order valence-electron chi connectivity index (χ2n) is 5.80. The summed E-state index contributed by atoms with van der Waals surface area (Å²) in [6, 6.07) is 2.03. The summed E-state index contributed by atoms with van der Waals surface area (Å²) in [4.78, 5) is 31.0. The van der Waals surface area contributed by atoms with E-state index in [0.717, 1.165) is 0 Å². The lowest BCUT2D eigenvalue weighted by atomic mass is 10.1. The molecule has 26 heavy (non-hydrogen) atoms. The van der Waals surface area contributed by atoms with Crippen LogP contribution in [-0.2, 0) is 23.8 Å². The van der Waals surface area contributed by atoms with Gasteiger partial charge in [0.05, 0.1) is 17.1 Å². The van der Waals surface area contributed by atoms with Crippen LogP contribution in [0.3, 0.4) is 0 Å². The minimum Gasteiger partial charge on any atom is -0.456 e. The number of hydrogen-bond acceptors (Lipinski definition) is 8. The van der Waals surface area contributed by atoms with Crippen LogP contribution in [0, 0.1) is 11.3 Å². The molecule has 2 aromatic rings. The molecule has 1 fully saturated rings. The molecule has 3 heterocycles. The fourth-order valence-corrected chi connectivity index (χ4v) is 3.26. The van der Waals surface area contributed by atoms with E-state index in [1.54, 1.807) is 6.92 Å². The topological polar surface area (TPSA) is 116 Å². The van der Waals surface area contributed by atoms with E-state index in [9.17, 15) is 14.9 Å². The molecule has 136 valence electrons. The van der Waals surface area contributed by atoms with Gasteiger partial charge in [-0.3, -0.25) is 9.59 Å². The Kier molecular flexibility index (Phi) is 4.80. The third-order valence-corrected chi connectivity index (χ3v) is 4.27. The Morgan fingerprint density at radius 1 is 1.27 bits per heavy atom. The second kappa shape index (κ2) is 6.90. The first-order chi connectivity index (χ1) is 12.3. The van der Waals surface area contributed by atoms with Crippen LogP contribution < -0.4 is 0 Å². The molecule has 1 aliphatic heterocycles. The maximum Gasteiger partial charge on any atom is 0.303 e. The molecule has 0 spiro atoms. The van der Waals surface area contributed by atoms with E-state index in [0.29, 0.717) is 11.0 Å². The number of nitriles is 1. The standard InChI is InChI=1S/C16H15ClN4O5/c1-7-12(25-8(2)22)13(26-9(3)23)16(24-7)21-5-10(4-18)11-14(17)19-6-20-15(11)21/h5-7,12-13,16H,1-3H3/t7-,12-,13-,16-/m1/s1. The number of halogens is 1. The van der Waals surface area contributed by atoms with Crippen molar-refractivity contribution >= 4 is 34.6 Å².